The SMILES string of the molecule is CN=C(NCc1cccc(OCC(N)=O)c1)N1CCN(c2ccccc2OC)CC1. The molecule has 1 heterocycles. The Balaban J connectivity index is 1.54. The molecular weight excluding hydrogens is 382 g/mol. The number of carbonyl (C=O) groups excluding carboxylic acids is 1. The highest BCUT2D eigenvalue weighted by Gasteiger charge is 2.21. The Kier molecular flexibility index (Phi) is 7.37. The first-order chi connectivity index (χ1) is 14.6. The molecule has 0 radical (unpaired) electrons. The normalized spacial score (nSPS) is 14.4. The van der Waals surface area contributed by atoms with Gasteiger partial charge in [0.1, 0.15) is 11.5 Å². The number of benzene rings is 2. The number of nitrogens with zero attached hydrogens (tertiary/aromatic N) is 3. The van der Waals surface area contributed by atoms with Gasteiger partial charge in [-0.2, -0.15) is 0 Å². The van der Waals surface area contributed by atoms with Gasteiger partial charge in [0.05, 0.1) is 12.8 Å². The Morgan fingerprint density at radius 2 is 1.90 bits per heavy atom. The number of nitrogens with one attached hydrogen (secondary N) is 1. The summed E-state index contributed by atoms with van der Waals surface area (Å²) in [6.45, 7) is 3.97. The summed E-state index contributed by atoms with van der Waals surface area (Å²) >= 11 is 0. The lowest BCUT2D eigenvalue weighted by Gasteiger charge is -2.38. The monoisotopic (exact) mass is 411 g/mol. The molecule has 1 saturated heterocycles. The van der Waals surface area contributed by atoms with Gasteiger partial charge in [0.15, 0.2) is 12.6 Å². The number of methoxy groups -OCH3 is 1. The van der Waals surface area contributed by atoms with Crippen molar-refractivity contribution in [3.63, 3.8) is 0 Å². The van der Waals surface area contributed by atoms with Gasteiger partial charge in [-0.05, 0) is 29.8 Å². The summed E-state index contributed by atoms with van der Waals surface area (Å²) in [5.41, 5.74) is 7.29. The van der Waals surface area contributed by atoms with E-state index in [0.29, 0.717) is 12.3 Å². The van der Waals surface area contributed by atoms with E-state index in [9.17, 15) is 4.79 Å². The number of nitrogens with two attached hydrogens (primary N) is 1. The standard InChI is InChI=1S/C22H29N5O3/c1-24-22(25-15-17-6-5-7-18(14-17)30-16-21(23)28)27-12-10-26(11-13-27)19-8-3-4-9-20(19)29-2/h3-9,14H,10-13,15-16H2,1-2H3,(H2,23,28)(H,24,25). The summed E-state index contributed by atoms with van der Waals surface area (Å²) in [5.74, 6) is 1.88. The molecule has 0 saturated carbocycles. The number of hydrogen-bond acceptors (Lipinski definition) is 5. The van der Waals surface area contributed by atoms with Crippen LogP contribution in [0.2, 0.25) is 0 Å². The molecule has 30 heavy (non-hydrogen) atoms. The molecule has 0 aromatic heterocycles. The van der Waals surface area contributed by atoms with Gasteiger partial charge in [0.2, 0.25) is 0 Å². The predicted molar refractivity (Wildman–Crippen MR) is 118 cm³/mol. The van der Waals surface area contributed by atoms with Gasteiger partial charge in [0.25, 0.3) is 5.91 Å². The van der Waals surface area contributed by atoms with Crippen LogP contribution in [0.1, 0.15) is 5.56 Å². The van der Waals surface area contributed by atoms with Gasteiger partial charge in [-0.3, -0.25) is 9.79 Å². The molecule has 1 fully saturated rings. The third-order valence-corrected chi connectivity index (χ3v) is 4.95. The lowest BCUT2D eigenvalue weighted by atomic mass is 10.2. The average molecular weight is 412 g/mol. The van der Waals surface area contributed by atoms with E-state index < -0.39 is 5.91 Å². The van der Waals surface area contributed by atoms with Crippen LogP contribution in [0, 0.1) is 0 Å². The van der Waals surface area contributed by atoms with E-state index in [0.717, 1.165) is 49.1 Å². The molecule has 2 aromatic carbocycles. The van der Waals surface area contributed by atoms with Crippen molar-refractivity contribution in [3.05, 3.63) is 54.1 Å². The van der Waals surface area contributed by atoms with Crippen molar-refractivity contribution in [2.24, 2.45) is 10.7 Å². The first-order valence-electron chi connectivity index (χ1n) is 9.94. The number of primary amides is 1. The van der Waals surface area contributed by atoms with Crippen LogP contribution in [0.4, 0.5) is 5.69 Å². The quantitative estimate of drug-likeness (QED) is 0.529. The maximum absolute atomic E-state index is 10.9. The zero-order valence-electron chi connectivity index (χ0n) is 17.5. The van der Waals surface area contributed by atoms with Crippen LogP contribution >= 0.6 is 0 Å². The van der Waals surface area contributed by atoms with E-state index in [-0.39, 0.29) is 6.61 Å². The summed E-state index contributed by atoms with van der Waals surface area (Å²) < 4.78 is 10.9. The highest BCUT2D eigenvalue weighted by molar-refractivity contribution is 5.80. The average Bonchev–Trinajstić information content (AvgIpc) is 2.79. The Bertz CT molecular complexity index is 879. The van der Waals surface area contributed by atoms with Crippen LogP contribution in [-0.2, 0) is 11.3 Å². The first-order valence-corrected chi connectivity index (χ1v) is 9.94. The van der Waals surface area contributed by atoms with Crippen LogP contribution in [0.25, 0.3) is 0 Å². The number of hydrogen-bond donors (Lipinski definition) is 2. The third kappa shape index (κ3) is 5.56. The second kappa shape index (κ2) is 10.4. The Morgan fingerprint density at radius 3 is 2.60 bits per heavy atom. The van der Waals surface area contributed by atoms with E-state index in [1.807, 2.05) is 36.4 Å². The summed E-state index contributed by atoms with van der Waals surface area (Å²) in [6, 6.07) is 15.7. The lowest BCUT2D eigenvalue weighted by molar-refractivity contribution is -0.119. The molecule has 1 amide bonds. The largest absolute Gasteiger partial charge is 0.495 e. The van der Waals surface area contributed by atoms with Crippen molar-refractivity contribution in [1.82, 2.24) is 10.2 Å². The first kappa shape index (κ1) is 21.3. The highest BCUT2D eigenvalue weighted by Crippen LogP contribution is 2.28. The van der Waals surface area contributed by atoms with Crippen LogP contribution in [0.5, 0.6) is 11.5 Å². The molecule has 0 bridgehead atoms. The molecule has 160 valence electrons. The lowest BCUT2D eigenvalue weighted by Crippen LogP contribution is -2.52. The Hall–Kier alpha value is -3.42. The predicted octanol–water partition coefficient (Wildman–Crippen LogP) is 1.46. The second-order valence-electron chi connectivity index (χ2n) is 6.95. The number of guanidine groups is 1. The number of amides is 1. The minimum Gasteiger partial charge on any atom is -0.495 e. The maximum Gasteiger partial charge on any atom is 0.255 e. The third-order valence-electron chi connectivity index (χ3n) is 4.95. The van der Waals surface area contributed by atoms with Crippen molar-refractivity contribution >= 4 is 17.6 Å². The molecule has 0 aliphatic carbocycles. The van der Waals surface area contributed by atoms with E-state index in [4.69, 9.17) is 15.2 Å². The minimum absolute atomic E-state index is 0.130. The van der Waals surface area contributed by atoms with Crippen LogP contribution in [-0.4, -0.2) is 63.7 Å². The van der Waals surface area contributed by atoms with Gasteiger partial charge in [0, 0.05) is 39.8 Å². The summed E-state index contributed by atoms with van der Waals surface area (Å²) in [4.78, 5) is 19.9. The summed E-state index contributed by atoms with van der Waals surface area (Å²) in [7, 11) is 3.50. The molecule has 0 unspecified atom stereocenters. The number of piperazine rings is 1. The molecule has 8 nitrogen and oxygen atoms in total. The summed E-state index contributed by atoms with van der Waals surface area (Å²) in [6.07, 6.45) is 0. The number of aliphatic imine (C=N–C) groups is 1. The molecule has 0 atom stereocenters. The molecule has 0 spiro atoms. The molecule has 1 aliphatic rings. The topological polar surface area (TPSA) is 92.4 Å². The van der Waals surface area contributed by atoms with Crippen LogP contribution in [0.3, 0.4) is 0 Å². The van der Waals surface area contributed by atoms with Crippen molar-refractivity contribution in [3.8, 4) is 11.5 Å². The number of rotatable bonds is 7. The molecule has 3 N–H and O–H groups in total. The van der Waals surface area contributed by atoms with Crippen LogP contribution < -0.4 is 25.4 Å². The van der Waals surface area contributed by atoms with Crippen molar-refractivity contribution < 1.29 is 14.3 Å². The number of carbonyl (C=O) groups is 1. The van der Waals surface area contributed by atoms with Gasteiger partial charge >= 0.3 is 0 Å². The zero-order chi connectivity index (χ0) is 21.3. The van der Waals surface area contributed by atoms with E-state index in [1.54, 1.807) is 20.2 Å². The molecule has 3 rings (SSSR count). The van der Waals surface area contributed by atoms with E-state index in [1.165, 1.54) is 0 Å². The highest BCUT2D eigenvalue weighted by atomic mass is 16.5. The van der Waals surface area contributed by atoms with Crippen molar-refractivity contribution in [2.45, 2.75) is 6.54 Å². The Morgan fingerprint density at radius 1 is 1.13 bits per heavy atom. The Labute approximate surface area is 177 Å². The molecule has 2 aromatic rings. The number of para-hydroxylation sites is 2. The van der Waals surface area contributed by atoms with Gasteiger partial charge in [-0.15, -0.1) is 0 Å². The van der Waals surface area contributed by atoms with E-state index in [2.05, 4.69) is 26.2 Å². The fourth-order valence-electron chi connectivity index (χ4n) is 3.46. The number of ether oxygens (including phenoxy) is 2. The molecule has 8 heteroatoms. The zero-order valence-corrected chi connectivity index (χ0v) is 17.5. The van der Waals surface area contributed by atoms with Gasteiger partial charge in [-0.25, -0.2) is 0 Å². The van der Waals surface area contributed by atoms with Crippen LogP contribution in [0.15, 0.2) is 53.5 Å². The summed E-state index contributed by atoms with van der Waals surface area (Å²) in [5, 5.41) is 3.41. The molecular formula is C22H29N5O3. The minimum atomic E-state index is -0.494. The molecule has 1 aliphatic heterocycles. The van der Waals surface area contributed by atoms with Crippen molar-refractivity contribution in [1.29, 1.82) is 0 Å². The fraction of sp³-hybridized carbons (Fsp3) is 0.364. The number of anilines is 1. The van der Waals surface area contributed by atoms with Gasteiger partial charge in [-0.1, -0.05) is 24.3 Å². The van der Waals surface area contributed by atoms with Gasteiger partial charge < -0.3 is 30.3 Å². The second-order valence-corrected chi connectivity index (χ2v) is 6.95. The maximum atomic E-state index is 10.9. The van der Waals surface area contributed by atoms with E-state index >= 15 is 0 Å². The van der Waals surface area contributed by atoms with Crippen molar-refractivity contribution in [2.75, 3.05) is 51.8 Å². The smallest absolute Gasteiger partial charge is 0.255 e. The fourth-order valence-corrected chi connectivity index (χ4v) is 3.46.